The first kappa shape index (κ1) is 18.6. The van der Waals surface area contributed by atoms with Gasteiger partial charge in [0, 0.05) is 13.3 Å². The molecule has 6 nitrogen and oxygen atoms in total. The van der Waals surface area contributed by atoms with Crippen molar-refractivity contribution in [2.45, 2.75) is 26.3 Å². The molecule has 1 aromatic carbocycles. The molecule has 0 aliphatic rings. The Hall–Kier alpha value is -1.37. The Morgan fingerprint density at radius 3 is 2.25 bits per heavy atom. The molecule has 102 valence electrons. The van der Waals surface area contributed by atoms with E-state index in [1.165, 1.54) is 13.8 Å². The molecule has 0 saturated carbocycles. The van der Waals surface area contributed by atoms with Crippen LogP contribution in [0.3, 0.4) is 0 Å². The van der Waals surface area contributed by atoms with Crippen molar-refractivity contribution >= 4 is 17.8 Å². The molecular formula is C13H14NNaO5. The molecule has 20 heavy (non-hydrogen) atoms. The monoisotopic (exact) mass is 287 g/mol. The zero-order valence-corrected chi connectivity index (χ0v) is 13.6. The van der Waals surface area contributed by atoms with Crippen LogP contribution in [0, 0.1) is 0 Å². The normalized spacial score (nSPS) is 12.2. The number of carbonyl (C=O) groups excluding carboxylic acids is 1. The number of benzene rings is 1. The summed E-state index contributed by atoms with van der Waals surface area (Å²) < 4.78 is 4.85. The number of carbonyl (C=O) groups is 2. The van der Waals surface area contributed by atoms with Gasteiger partial charge < -0.3 is 14.9 Å². The first-order valence-electron chi connectivity index (χ1n) is 5.60. The Morgan fingerprint density at radius 2 is 1.85 bits per heavy atom. The first-order valence-corrected chi connectivity index (χ1v) is 5.60. The number of carboxylic acid groups (broad SMARTS) is 1. The maximum Gasteiger partial charge on any atom is 1.00 e. The van der Waals surface area contributed by atoms with Gasteiger partial charge in [0.1, 0.15) is 11.8 Å². The van der Waals surface area contributed by atoms with E-state index in [9.17, 15) is 14.7 Å². The van der Waals surface area contributed by atoms with E-state index in [4.69, 9.17) is 9.84 Å². The minimum Gasteiger partial charge on any atom is -0.862 e. The van der Waals surface area contributed by atoms with Crippen molar-refractivity contribution in [2.24, 2.45) is 4.99 Å². The van der Waals surface area contributed by atoms with E-state index in [0.29, 0.717) is 11.3 Å². The molecule has 0 amide bonds. The average molecular weight is 287 g/mol. The number of esters is 1. The Bertz CT molecular complexity index is 494. The van der Waals surface area contributed by atoms with Crippen LogP contribution in [0.25, 0.3) is 0 Å². The maximum atomic E-state index is 10.9. The van der Waals surface area contributed by atoms with Gasteiger partial charge in [-0.25, -0.2) is 4.79 Å². The number of hydrogen-bond donors (Lipinski definition) is 1. The molecule has 1 rings (SSSR count). The van der Waals surface area contributed by atoms with E-state index in [0.717, 1.165) is 0 Å². The van der Waals surface area contributed by atoms with Gasteiger partial charge in [0.15, 0.2) is 0 Å². The predicted octanol–water partition coefficient (Wildman–Crippen LogP) is -2.61. The summed E-state index contributed by atoms with van der Waals surface area (Å²) in [6.07, 6.45) is 0.106. The molecule has 1 unspecified atom stereocenters. The molecule has 1 aromatic rings. The molecule has 0 aliphatic heterocycles. The fraction of sp³-hybridized carbons (Fsp3) is 0.308. The van der Waals surface area contributed by atoms with Crippen LogP contribution >= 0.6 is 0 Å². The molecule has 0 saturated heterocycles. The Morgan fingerprint density at radius 1 is 1.30 bits per heavy atom. The molecule has 0 spiro atoms. The van der Waals surface area contributed by atoms with Gasteiger partial charge in [-0.1, -0.05) is 12.1 Å². The summed E-state index contributed by atoms with van der Waals surface area (Å²) in [4.78, 5) is 25.2. The van der Waals surface area contributed by atoms with Gasteiger partial charge in [0.25, 0.3) is 0 Å². The van der Waals surface area contributed by atoms with Gasteiger partial charge in [-0.2, -0.15) is 0 Å². The third-order valence-corrected chi connectivity index (χ3v) is 2.24. The minimum atomic E-state index is -1.15. The molecule has 0 bridgehead atoms. The van der Waals surface area contributed by atoms with Gasteiger partial charge in [-0.3, -0.25) is 9.79 Å². The number of aliphatic imine (C=N–C) groups is 1. The summed E-state index contributed by atoms with van der Waals surface area (Å²) in [5.74, 6) is -1.72. The SMILES string of the molecule is CC(=O)Oc1ccc(CC(N=C(C)[O-])C(=O)O)cc1.[Na+]. The summed E-state index contributed by atoms with van der Waals surface area (Å²) >= 11 is 0. The van der Waals surface area contributed by atoms with E-state index >= 15 is 0 Å². The predicted molar refractivity (Wildman–Crippen MR) is 66.0 cm³/mol. The Kier molecular flexibility index (Phi) is 8.13. The van der Waals surface area contributed by atoms with E-state index < -0.39 is 23.9 Å². The quantitative estimate of drug-likeness (QED) is 0.210. The van der Waals surface area contributed by atoms with Crippen LogP contribution < -0.4 is 39.4 Å². The van der Waals surface area contributed by atoms with Crippen molar-refractivity contribution in [1.82, 2.24) is 0 Å². The summed E-state index contributed by atoms with van der Waals surface area (Å²) in [6, 6.07) is 5.28. The molecule has 7 heteroatoms. The van der Waals surface area contributed by atoms with E-state index in [1.54, 1.807) is 24.3 Å². The second-order valence-electron chi connectivity index (χ2n) is 3.94. The van der Waals surface area contributed by atoms with Gasteiger partial charge >= 0.3 is 41.5 Å². The topological polar surface area (TPSA) is 99.0 Å². The van der Waals surface area contributed by atoms with Crippen molar-refractivity contribution in [1.29, 1.82) is 0 Å². The van der Waals surface area contributed by atoms with Gasteiger partial charge in [0.2, 0.25) is 0 Å². The Labute approximate surface area is 138 Å². The average Bonchev–Trinajstić information content (AvgIpc) is 2.29. The maximum absolute atomic E-state index is 10.9. The smallest absolute Gasteiger partial charge is 0.862 e. The van der Waals surface area contributed by atoms with E-state index in [2.05, 4.69) is 4.99 Å². The number of ether oxygens (including phenoxy) is 1. The second-order valence-corrected chi connectivity index (χ2v) is 3.94. The third-order valence-electron chi connectivity index (χ3n) is 2.24. The van der Waals surface area contributed by atoms with Crippen LogP contribution in [0.4, 0.5) is 0 Å². The standard InChI is InChI=1S/C13H15NO5.Na/c1-8(15)14-12(13(17)18)7-10-3-5-11(6-4-10)19-9(2)16;/h3-6,12H,7H2,1-2H3,(H,14,15)(H,17,18);/q;+1/p-1. The first-order chi connectivity index (χ1) is 8.88. The van der Waals surface area contributed by atoms with Crippen molar-refractivity contribution in [3.8, 4) is 5.75 Å². The van der Waals surface area contributed by atoms with Crippen molar-refractivity contribution in [3.63, 3.8) is 0 Å². The number of rotatable bonds is 5. The van der Waals surface area contributed by atoms with Gasteiger partial charge in [0.05, 0.1) is 0 Å². The number of hydrogen-bond acceptors (Lipinski definition) is 5. The fourth-order valence-electron chi connectivity index (χ4n) is 1.49. The third kappa shape index (κ3) is 6.70. The molecule has 0 radical (unpaired) electrons. The largest absolute Gasteiger partial charge is 1.00 e. The fourth-order valence-corrected chi connectivity index (χ4v) is 1.49. The van der Waals surface area contributed by atoms with E-state index in [1.807, 2.05) is 0 Å². The molecule has 1 atom stereocenters. The van der Waals surface area contributed by atoms with Crippen LogP contribution in [-0.2, 0) is 16.0 Å². The van der Waals surface area contributed by atoms with Crippen LogP contribution in [0.2, 0.25) is 0 Å². The summed E-state index contributed by atoms with van der Waals surface area (Å²) in [7, 11) is 0. The zero-order chi connectivity index (χ0) is 14.4. The number of carboxylic acids is 1. The van der Waals surface area contributed by atoms with Crippen LogP contribution in [0.5, 0.6) is 5.75 Å². The molecular weight excluding hydrogens is 273 g/mol. The van der Waals surface area contributed by atoms with Crippen molar-refractivity contribution in [2.75, 3.05) is 0 Å². The van der Waals surface area contributed by atoms with Gasteiger partial charge in [-0.05, 0) is 30.5 Å². The minimum absolute atomic E-state index is 0. The van der Waals surface area contributed by atoms with Crippen LogP contribution in [0.1, 0.15) is 19.4 Å². The van der Waals surface area contributed by atoms with Crippen LogP contribution in [0.15, 0.2) is 29.3 Å². The summed E-state index contributed by atoms with van der Waals surface area (Å²) in [6.45, 7) is 2.50. The second kappa shape index (κ2) is 8.73. The zero-order valence-electron chi connectivity index (χ0n) is 11.6. The van der Waals surface area contributed by atoms with Crippen molar-refractivity contribution < 1.29 is 54.1 Å². The molecule has 0 aromatic heterocycles. The molecule has 0 heterocycles. The summed E-state index contributed by atoms with van der Waals surface area (Å²) in [5.41, 5.74) is 0.688. The Balaban J connectivity index is 0.00000361. The van der Waals surface area contributed by atoms with E-state index in [-0.39, 0.29) is 36.0 Å². The summed E-state index contributed by atoms with van der Waals surface area (Å²) in [5, 5.41) is 19.8. The number of nitrogens with zero attached hydrogens (tertiary/aromatic N) is 1. The molecule has 0 fully saturated rings. The van der Waals surface area contributed by atoms with Gasteiger partial charge in [-0.15, -0.1) is 0 Å². The van der Waals surface area contributed by atoms with Crippen molar-refractivity contribution in [3.05, 3.63) is 29.8 Å². The molecule has 0 aliphatic carbocycles. The molecule has 1 N–H and O–H groups in total. The number of aliphatic carboxylic acids is 1. The van der Waals surface area contributed by atoms with Crippen LogP contribution in [-0.4, -0.2) is 29.0 Å².